The van der Waals surface area contributed by atoms with E-state index in [1.807, 2.05) is 0 Å². The summed E-state index contributed by atoms with van der Waals surface area (Å²) in [7, 11) is 0. The topological polar surface area (TPSA) is 57.5 Å². The lowest BCUT2D eigenvalue weighted by atomic mass is 9.44. The zero-order chi connectivity index (χ0) is 15.8. The average molecular weight is 306 g/mol. The van der Waals surface area contributed by atoms with Crippen LogP contribution >= 0.6 is 0 Å². The number of carbonyl (C=O) groups excluding carboxylic acids is 1. The third-order valence-electron chi connectivity index (χ3n) is 8.55. The van der Waals surface area contributed by atoms with Crippen molar-refractivity contribution in [2.24, 2.45) is 34.5 Å². The Morgan fingerprint density at radius 3 is 2.50 bits per heavy atom. The minimum absolute atomic E-state index is 0.118. The SMILES string of the molecule is C[C@@]12C(CCCC1(O)O)CC[C@@H]1[C@@H]2CC[C@]2(C)C(=O)CC[C@@H]12. The molecule has 0 aromatic rings. The number of hydrogen-bond acceptors (Lipinski definition) is 3. The van der Waals surface area contributed by atoms with Crippen molar-refractivity contribution in [3.63, 3.8) is 0 Å². The van der Waals surface area contributed by atoms with Gasteiger partial charge >= 0.3 is 0 Å². The van der Waals surface area contributed by atoms with Crippen molar-refractivity contribution in [2.45, 2.75) is 77.4 Å². The fourth-order valence-corrected chi connectivity index (χ4v) is 7.13. The number of aliphatic hydroxyl groups is 2. The van der Waals surface area contributed by atoms with Crippen molar-refractivity contribution in [2.75, 3.05) is 0 Å². The number of rotatable bonds is 0. The van der Waals surface area contributed by atoms with Gasteiger partial charge in [-0.3, -0.25) is 4.79 Å². The molecule has 0 aliphatic heterocycles. The third-order valence-corrected chi connectivity index (χ3v) is 8.55. The second-order valence-electron chi connectivity index (χ2n) is 9.06. The van der Waals surface area contributed by atoms with Crippen LogP contribution in [0.4, 0.5) is 0 Å². The lowest BCUT2D eigenvalue weighted by Gasteiger charge is -2.63. The van der Waals surface area contributed by atoms with E-state index in [-0.39, 0.29) is 10.8 Å². The van der Waals surface area contributed by atoms with E-state index in [0.717, 1.165) is 44.9 Å². The first-order valence-corrected chi connectivity index (χ1v) is 9.29. The molecule has 22 heavy (non-hydrogen) atoms. The van der Waals surface area contributed by atoms with Gasteiger partial charge < -0.3 is 10.2 Å². The highest BCUT2D eigenvalue weighted by Crippen LogP contribution is 2.67. The summed E-state index contributed by atoms with van der Waals surface area (Å²) < 4.78 is 0. The lowest BCUT2D eigenvalue weighted by molar-refractivity contribution is -0.312. The van der Waals surface area contributed by atoms with E-state index in [1.54, 1.807) is 0 Å². The van der Waals surface area contributed by atoms with E-state index in [0.29, 0.717) is 35.9 Å². The maximum atomic E-state index is 12.4. The molecule has 124 valence electrons. The Morgan fingerprint density at radius 2 is 1.73 bits per heavy atom. The van der Waals surface area contributed by atoms with Gasteiger partial charge in [-0.15, -0.1) is 0 Å². The highest BCUT2D eigenvalue weighted by Gasteiger charge is 2.65. The second-order valence-corrected chi connectivity index (χ2v) is 9.06. The first kappa shape index (κ1) is 15.1. The van der Waals surface area contributed by atoms with E-state index < -0.39 is 5.79 Å². The van der Waals surface area contributed by atoms with E-state index in [2.05, 4.69) is 13.8 Å². The molecule has 3 nitrogen and oxygen atoms in total. The minimum atomic E-state index is -1.52. The zero-order valence-corrected chi connectivity index (χ0v) is 14.0. The molecule has 4 saturated carbocycles. The smallest absolute Gasteiger partial charge is 0.168 e. The Kier molecular flexibility index (Phi) is 3.14. The molecular weight excluding hydrogens is 276 g/mol. The van der Waals surface area contributed by atoms with E-state index in [9.17, 15) is 15.0 Å². The van der Waals surface area contributed by atoms with Gasteiger partial charge in [0.2, 0.25) is 0 Å². The Morgan fingerprint density at radius 1 is 0.955 bits per heavy atom. The molecule has 1 unspecified atom stereocenters. The molecule has 2 N–H and O–H groups in total. The summed E-state index contributed by atoms with van der Waals surface area (Å²) in [5.41, 5.74) is -0.492. The summed E-state index contributed by atoms with van der Waals surface area (Å²) in [6.45, 7) is 4.33. The van der Waals surface area contributed by atoms with E-state index >= 15 is 0 Å². The standard InChI is InChI=1S/C19H30O3/c1-17-11-9-15-13(14(17)7-8-16(17)20)6-5-12-4-3-10-19(21,22)18(12,15)2/h12-15,21-22H,3-11H2,1-2H3/t12?,13-,14-,15-,17-,18-/m0/s1. The summed E-state index contributed by atoms with van der Waals surface area (Å²) >= 11 is 0. The average Bonchev–Trinajstić information content (AvgIpc) is 2.76. The number of hydrogen-bond donors (Lipinski definition) is 2. The van der Waals surface area contributed by atoms with Crippen molar-refractivity contribution in [3.05, 3.63) is 0 Å². The van der Waals surface area contributed by atoms with Crippen LogP contribution < -0.4 is 0 Å². The number of ketones is 1. The predicted molar refractivity (Wildman–Crippen MR) is 83.9 cm³/mol. The first-order valence-electron chi connectivity index (χ1n) is 9.29. The van der Waals surface area contributed by atoms with Gasteiger partial charge in [-0.25, -0.2) is 0 Å². The molecule has 0 saturated heterocycles. The molecule has 0 spiro atoms. The normalized spacial score (nSPS) is 53.5. The van der Waals surface area contributed by atoms with Gasteiger partial charge in [0.1, 0.15) is 5.78 Å². The maximum absolute atomic E-state index is 12.4. The van der Waals surface area contributed by atoms with Crippen LogP contribution in [0.2, 0.25) is 0 Å². The summed E-state index contributed by atoms with van der Waals surface area (Å²) in [6.07, 6.45) is 8.62. The largest absolute Gasteiger partial charge is 0.365 e. The molecule has 6 atom stereocenters. The minimum Gasteiger partial charge on any atom is -0.365 e. The number of Topliss-reactive ketones (excluding diaryl/α,β-unsaturated/α-hetero) is 1. The van der Waals surface area contributed by atoms with Crippen molar-refractivity contribution >= 4 is 5.78 Å². The Bertz CT molecular complexity index is 499. The predicted octanol–water partition coefficient (Wildman–Crippen LogP) is 3.28. The molecule has 0 radical (unpaired) electrons. The summed E-state index contributed by atoms with van der Waals surface area (Å²) in [5, 5.41) is 21.6. The fourth-order valence-electron chi connectivity index (χ4n) is 7.13. The van der Waals surface area contributed by atoms with Crippen molar-refractivity contribution < 1.29 is 15.0 Å². The molecular formula is C19H30O3. The van der Waals surface area contributed by atoms with Crippen molar-refractivity contribution in [1.29, 1.82) is 0 Å². The highest BCUT2D eigenvalue weighted by molar-refractivity contribution is 5.87. The number of carbonyl (C=O) groups is 1. The van der Waals surface area contributed by atoms with E-state index in [4.69, 9.17) is 0 Å². The second kappa shape index (κ2) is 4.57. The molecule has 0 aromatic carbocycles. The van der Waals surface area contributed by atoms with Gasteiger partial charge in [0.15, 0.2) is 5.79 Å². The third kappa shape index (κ3) is 1.67. The maximum Gasteiger partial charge on any atom is 0.168 e. The van der Waals surface area contributed by atoms with Gasteiger partial charge in [0, 0.05) is 23.7 Å². The molecule has 4 aliphatic rings. The number of fused-ring (bicyclic) bond motifs is 5. The summed E-state index contributed by atoms with van der Waals surface area (Å²) in [4.78, 5) is 12.4. The van der Waals surface area contributed by atoms with Crippen molar-refractivity contribution in [1.82, 2.24) is 0 Å². The Balaban J connectivity index is 1.72. The first-order chi connectivity index (χ1) is 10.3. The zero-order valence-electron chi connectivity index (χ0n) is 14.0. The van der Waals surface area contributed by atoms with Gasteiger partial charge in [-0.1, -0.05) is 13.8 Å². The van der Waals surface area contributed by atoms with Crippen LogP contribution in [0, 0.1) is 34.5 Å². The van der Waals surface area contributed by atoms with Crippen molar-refractivity contribution in [3.8, 4) is 0 Å². The molecule has 0 heterocycles. The van der Waals surface area contributed by atoms with Crippen LogP contribution in [0.1, 0.15) is 71.6 Å². The molecule has 3 heteroatoms. The van der Waals surface area contributed by atoms with Gasteiger partial charge in [-0.2, -0.15) is 0 Å². The molecule has 0 bridgehead atoms. The van der Waals surface area contributed by atoms with Gasteiger partial charge in [0.05, 0.1) is 0 Å². The van der Waals surface area contributed by atoms with Crippen LogP contribution in [-0.2, 0) is 4.79 Å². The Hall–Kier alpha value is -0.410. The summed E-state index contributed by atoms with van der Waals surface area (Å²) in [5.74, 6) is 0.767. The Labute approximate surface area is 133 Å². The lowest BCUT2D eigenvalue weighted by Crippen LogP contribution is -2.63. The van der Waals surface area contributed by atoms with Gasteiger partial charge in [-0.05, 0) is 68.6 Å². The molecule has 4 aliphatic carbocycles. The van der Waals surface area contributed by atoms with Crippen LogP contribution in [-0.4, -0.2) is 21.8 Å². The van der Waals surface area contributed by atoms with E-state index in [1.165, 1.54) is 6.42 Å². The summed E-state index contributed by atoms with van der Waals surface area (Å²) in [6, 6.07) is 0. The molecule has 0 aromatic heterocycles. The fraction of sp³-hybridized carbons (Fsp3) is 0.947. The van der Waals surface area contributed by atoms with Crippen LogP contribution in [0.25, 0.3) is 0 Å². The molecule has 0 amide bonds. The van der Waals surface area contributed by atoms with Crippen LogP contribution in [0.3, 0.4) is 0 Å². The van der Waals surface area contributed by atoms with Gasteiger partial charge in [0.25, 0.3) is 0 Å². The monoisotopic (exact) mass is 306 g/mol. The molecule has 4 rings (SSSR count). The van der Waals surface area contributed by atoms with Crippen LogP contribution in [0.5, 0.6) is 0 Å². The quantitative estimate of drug-likeness (QED) is 0.675. The van der Waals surface area contributed by atoms with Crippen LogP contribution in [0.15, 0.2) is 0 Å². The highest BCUT2D eigenvalue weighted by atomic mass is 16.5. The molecule has 4 fully saturated rings.